The summed E-state index contributed by atoms with van der Waals surface area (Å²) >= 11 is 0. The summed E-state index contributed by atoms with van der Waals surface area (Å²) in [5.74, 6) is -10.2. The SMILES string of the molecule is COc1c(NC(=O)CNC(C)(C)C)cc(N(C)C)c2c1C(O)(O)C1=C(O)[C@@]3(O)[C@@H](C[C@@H]1C2)[C@H](N(C)C)C(O)=C(C(N)=O)C31OCCO1. The minimum absolute atomic E-state index is 0.00222. The van der Waals surface area contributed by atoms with Gasteiger partial charge in [0.1, 0.15) is 17.1 Å². The minimum Gasteiger partial charge on any atom is -0.510 e. The highest BCUT2D eigenvalue weighted by atomic mass is 16.8. The van der Waals surface area contributed by atoms with Crippen LogP contribution in [0.15, 0.2) is 28.7 Å². The fourth-order valence-electron chi connectivity index (χ4n) is 7.82. The van der Waals surface area contributed by atoms with Gasteiger partial charge in [-0.1, -0.05) is 0 Å². The van der Waals surface area contributed by atoms with Crippen molar-refractivity contribution in [2.45, 2.75) is 62.4 Å². The summed E-state index contributed by atoms with van der Waals surface area (Å²) in [7, 11) is 8.11. The monoisotopic (exact) mass is 661 g/mol. The third-order valence-corrected chi connectivity index (χ3v) is 9.62. The highest BCUT2D eigenvalue weighted by molar-refractivity contribution is 5.96. The Labute approximate surface area is 273 Å². The maximum atomic E-state index is 13.0. The van der Waals surface area contributed by atoms with Crippen molar-refractivity contribution < 1.29 is 49.3 Å². The Morgan fingerprint density at radius 1 is 1.11 bits per heavy atom. The molecule has 1 fully saturated rings. The van der Waals surface area contributed by atoms with Gasteiger partial charge in [-0.15, -0.1) is 0 Å². The number of carbonyl (C=O) groups excluding carboxylic acids is 2. The molecule has 0 radical (unpaired) electrons. The van der Waals surface area contributed by atoms with E-state index in [0.29, 0.717) is 11.3 Å². The summed E-state index contributed by atoms with van der Waals surface area (Å²) in [6.45, 7) is 5.48. The van der Waals surface area contributed by atoms with Crippen LogP contribution in [0.25, 0.3) is 0 Å². The predicted octanol–water partition coefficient (Wildman–Crippen LogP) is -0.0551. The van der Waals surface area contributed by atoms with Gasteiger partial charge in [-0.05, 0) is 65.3 Å². The Balaban J connectivity index is 1.75. The Morgan fingerprint density at radius 2 is 1.72 bits per heavy atom. The fourth-order valence-corrected chi connectivity index (χ4v) is 7.82. The standard InChI is InChI=1S/C32H47N5O10/c1-29(2,3)34-14-20(38)35-18-13-19(36(4)5)16-11-15-12-17-24(37(6)7)25(39)23(28(33)41)32(46-9-10-47-32)30(17,42)27(40)21(15)31(43,44)22(16)26(18)45-8/h13,15,17,24,34,39-40,42-44H,9-12,14H2,1-8H3,(H2,33,41)(H,35,38)/t15-,17-,24-,30-/m0/s1. The molecular formula is C32H47N5O10. The van der Waals surface area contributed by atoms with Crippen LogP contribution in [-0.4, -0.2) is 120 Å². The molecule has 1 aromatic rings. The summed E-state index contributed by atoms with van der Waals surface area (Å²) in [4.78, 5) is 29.2. The molecule has 1 aliphatic heterocycles. The molecule has 1 heterocycles. The molecule has 260 valence electrons. The average molecular weight is 662 g/mol. The number of benzene rings is 1. The Kier molecular flexibility index (Phi) is 8.62. The number of hydrogen-bond donors (Lipinski definition) is 8. The molecule has 4 aliphatic rings. The molecule has 2 amide bonds. The van der Waals surface area contributed by atoms with Crippen molar-refractivity contribution in [1.82, 2.24) is 10.2 Å². The molecule has 5 rings (SSSR count). The van der Waals surface area contributed by atoms with Crippen LogP contribution in [0, 0.1) is 11.8 Å². The number of nitrogens with two attached hydrogens (primary N) is 1. The topological polar surface area (TPSA) is 220 Å². The van der Waals surface area contributed by atoms with Crippen LogP contribution in [0.1, 0.15) is 38.3 Å². The second-order valence-corrected chi connectivity index (χ2v) is 14.2. The average Bonchev–Trinajstić information content (AvgIpc) is 3.43. The van der Waals surface area contributed by atoms with Crippen molar-refractivity contribution in [3.8, 4) is 5.75 Å². The van der Waals surface area contributed by atoms with Crippen molar-refractivity contribution >= 4 is 23.2 Å². The lowest BCUT2D eigenvalue weighted by Crippen LogP contribution is -2.72. The second kappa shape index (κ2) is 11.6. The van der Waals surface area contributed by atoms with E-state index in [1.165, 1.54) is 7.11 Å². The summed E-state index contributed by atoms with van der Waals surface area (Å²) in [6, 6.07) is 0.641. The number of rotatable bonds is 7. The zero-order valence-electron chi connectivity index (χ0n) is 28.1. The van der Waals surface area contributed by atoms with Gasteiger partial charge in [0.2, 0.25) is 17.5 Å². The van der Waals surface area contributed by atoms with Gasteiger partial charge < -0.3 is 61.0 Å². The first-order chi connectivity index (χ1) is 21.7. The smallest absolute Gasteiger partial charge is 0.253 e. The third-order valence-electron chi connectivity index (χ3n) is 9.62. The Bertz CT molecular complexity index is 1540. The van der Waals surface area contributed by atoms with Crippen LogP contribution >= 0.6 is 0 Å². The van der Waals surface area contributed by atoms with Gasteiger partial charge in [0, 0.05) is 36.8 Å². The maximum Gasteiger partial charge on any atom is 0.253 e. The van der Waals surface area contributed by atoms with Gasteiger partial charge in [0.15, 0.2) is 11.4 Å². The predicted molar refractivity (Wildman–Crippen MR) is 171 cm³/mol. The number of fused-ring (bicyclic) bond motifs is 4. The number of primary amides is 1. The van der Waals surface area contributed by atoms with Crippen molar-refractivity contribution in [3.05, 3.63) is 39.9 Å². The number of likely N-dealkylation sites (N-methyl/N-ethyl adjacent to an activating group) is 1. The number of nitrogens with zero attached hydrogens (tertiary/aromatic N) is 2. The zero-order valence-corrected chi connectivity index (χ0v) is 28.1. The number of anilines is 2. The van der Waals surface area contributed by atoms with Crippen molar-refractivity contribution in [3.63, 3.8) is 0 Å². The molecule has 1 spiro atoms. The number of aliphatic hydroxyl groups is 5. The molecule has 1 aromatic carbocycles. The van der Waals surface area contributed by atoms with Crippen LogP contribution in [0.3, 0.4) is 0 Å². The molecule has 0 saturated carbocycles. The molecule has 4 atom stereocenters. The highest BCUT2D eigenvalue weighted by Crippen LogP contribution is 2.62. The summed E-state index contributed by atoms with van der Waals surface area (Å²) in [6.07, 6.45) is 0.146. The van der Waals surface area contributed by atoms with E-state index in [2.05, 4.69) is 10.6 Å². The van der Waals surface area contributed by atoms with Gasteiger partial charge in [0.05, 0.1) is 44.2 Å². The highest BCUT2D eigenvalue weighted by Gasteiger charge is 2.74. The Morgan fingerprint density at radius 3 is 2.23 bits per heavy atom. The van der Waals surface area contributed by atoms with Gasteiger partial charge in [0.25, 0.3) is 5.91 Å². The number of hydrogen-bond acceptors (Lipinski definition) is 13. The number of aliphatic hydroxyl groups excluding tert-OH is 2. The molecule has 0 unspecified atom stereocenters. The van der Waals surface area contributed by atoms with E-state index in [0.717, 1.165) is 0 Å². The summed E-state index contributed by atoms with van der Waals surface area (Å²) in [5.41, 5.74) is 2.91. The Hall–Kier alpha value is -3.44. The first-order valence-corrected chi connectivity index (χ1v) is 15.5. The van der Waals surface area contributed by atoms with E-state index in [9.17, 15) is 35.1 Å². The van der Waals surface area contributed by atoms with Crippen molar-refractivity contribution in [2.75, 3.05) is 65.3 Å². The van der Waals surface area contributed by atoms with Gasteiger partial charge in [-0.3, -0.25) is 14.5 Å². The molecule has 3 aliphatic carbocycles. The van der Waals surface area contributed by atoms with E-state index in [-0.39, 0.29) is 60.7 Å². The molecule has 0 aromatic heterocycles. The molecule has 1 saturated heterocycles. The largest absolute Gasteiger partial charge is 0.510 e. The van der Waals surface area contributed by atoms with Gasteiger partial charge in [-0.2, -0.15) is 0 Å². The first-order valence-electron chi connectivity index (χ1n) is 15.5. The lowest BCUT2D eigenvalue weighted by Gasteiger charge is -2.58. The van der Waals surface area contributed by atoms with Gasteiger partial charge in [-0.25, -0.2) is 0 Å². The zero-order chi connectivity index (χ0) is 35.0. The van der Waals surface area contributed by atoms with Crippen LogP contribution in [-0.2, 0) is 31.3 Å². The van der Waals surface area contributed by atoms with Crippen LogP contribution < -0.4 is 26.0 Å². The number of nitrogens with one attached hydrogen (secondary N) is 2. The minimum atomic E-state index is -2.97. The van der Waals surface area contributed by atoms with Crippen molar-refractivity contribution in [1.29, 1.82) is 0 Å². The van der Waals surface area contributed by atoms with E-state index < -0.39 is 64.0 Å². The lowest BCUT2D eigenvalue weighted by atomic mass is 9.56. The quantitative estimate of drug-likeness (QED) is 0.180. The molecule has 47 heavy (non-hydrogen) atoms. The number of amides is 2. The number of methoxy groups -OCH3 is 1. The van der Waals surface area contributed by atoms with E-state index in [1.54, 1.807) is 44.1 Å². The number of carbonyl (C=O) groups is 2. The molecule has 15 heteroatoms. The van der Waals surface area contributed by atoms with Crippen LogP contribution in [0.2, 0.25) is 0 Å². The molecule has 9 N–H and O–H groups in total. The second-order valence-electron chi connectivity index (χ2n) is 14.2. The summed E-state index contributed by atoms with van der Waals surface area (Å²) in [5, 5.41) is 66.6. The normalized spacial score (nSPS) is 27.8. The fraction of sp³-hybridized carbons (Fsp3) is 0.625. The van der Waals surface area contributed by atoms with E-state index in [4.69, 9.17) is 19.9 Å². The lowest BCUT2D eigenvalue weighted by molar-refractivity contribution is -0.281. The molecule has 0 bridgehead atoms. The summed E-state index contributed by atoms with van der Waals surface area (Å²) < 4.78 is 17.4. The van der Waals surface area contributed by atoms with Crippen LogP contribution in [0.4, 0.5) is 11.4 Å². The maximum absolute atomic E-state index is 13.0. The first kappa shape index (κ1) is 34.9. The van der Waals surface area contributed by atoms with Crippen molar-refractivity contribution in [2.24, 2.45) is 17.6 Å². The number of ether oxygens (including phenoxy) is 3. The van der Waals surface area contributed by atoms with E-state index >= 15 is 0 Å². The molecular weight excluding hydrogens is 614 g/mol. The molecule has 15 nitrogen and oxygen atoms in total. The third kappa shape index (κ3) is 5.15. The van der Waals surface area contributed by atoms with Crippen LogP contribution in [0.5, 0.6) is 5.75 Å². The van der Waals surface area contributed by atoms with E-state index in [1.807, 2.05) is 20.8 Å². The van der Waals surface area contributed by atoms with Gasteiger partial charge >= 0.3 is 0 Å².